The van der Waals surface area contributed by atoms with E-state index in [2.05, 4.69) is 33.8 Å². The van der Waals surface area contributed by atoms with E-state index < -0.39 is 0 Å². The maximum absolute atomic E-state index is 2.57. The van der Waals surface area contributed by atoms with Gasteiger partial charge in [0.2, 0.25) is 0 Å². The molecule has 2 bridgehead atoms. The average molecular weight is 204 g/mol. The van der Waals surface area contributed by atoms with E-state index in [1.807, 2.05) is 0 Å². The molecule has 0 amide bonds. The van der Waals surface area contributed by atoms with Crippen LogP contribution in [-0.4, -0.2) is 0 Å². The first kappa shape index (κ1) is 9.93. The summed E-state index contributed by atoms with van der Waals surface area (Å²) in [5, 5.41) is 0. The number of allylic oxidation sites excluding steroid dienone is 2. The van der Waals surface area contributed by atoms with Crippen LogP contribution in [-0.2, 0) is 0 Å². The van der Waals surface area contributed by atoms with Crippen LogP contribution in [0.25, 0.3) is 0 Å². The van der Waals surface area contributed by atoms with Gasteiger partial charge in [-0.15, -0.1) is 0 Å². The number of rotatable bonds is 0. The SMILES string of the molecule is CC1=CC[C@]23C[C@H]1C(C)(C)[C@@H]2CC[C@H]3C. The highest BCUT2D eigenvalue weighted by molar-refractivity contribution is 5.25. The van der Waals surface area contributed by atoms with Crippen LogP contribution in [0.1, 0.15) is 53.4 Å². The molecule has 84 valence electrons. The minimum absolute atomic E-state index is 0.571. The quantitative estimate of drug-likeness (QED) is 0.513. The van der Waals surface area contributed by atoms with Crippen molar-refractivity contribution in [3.63, 3.8) is 0 Å². The molecule has 0 aromatic carbocycles. The van der Waals surface area contributed by atoms with Gasteiger partial charge < -0.3 is 0 Å². The highest BCUT2D eigenvalue weighted by Gasteiger charge is 2.62. The highest BCUT2D eigenvalue weighted by Crippen LogP contribution is 2.71. The van der Waals surface area contributed by atoms with Gasteiger partial charge in [0.15, 0.2) is 0 Å². The topological polar surface area (TPSA) is 0 Å². The van der Waals surface area contributed by atoms with Crippen LogP contribution in [0.4, 0.5) is 0 Å². The summed E-state index contributed by atoms with van der Waals surface area (Å²) in [6.45, 7) is 9.94. The molecule has 2 saturated carbocycles. The van der Waals surface area contributed by atoms with Crippen molar-refractivity contribution in [2.24, 2.45) is 28.6 Å². The van der Waals surface area contributed by atoms with Crippen molar-refractivity contribution in [3.05, 3.63) is 11.6 Å². The zero-order chi connectivity index (χ0) is 10.8. The highest BCUT2D eigenvalue weighted by atomic mass is 14.7. The molecule has 3 rings (SSSR count). The zero-order valence-electron chi connectivity index (χ0n) is 10.6. The lowest BCUT2D eigenvalue weighted by Crippen LogP contribution is -2.30. The summed E-state index contributed by atoms with van der Waals surface area (Å²) in [6, 6.07) is 0. The Labute approximate surface area is 94.1 Å². The van der Waals surface area contributed by atoms with Crippen molar-refractivity contribution in [3.8, 4) is 0 Å². The van der Waals surface area contributed by atoms with Crippen LogP contribution in [0.15, 0.2) is 11.6 Å². The molecule has 0 heterocycles. The van der Waals surface area contributed by atoms with Gasteiger partial charge in [0.1, 0.15) is 0 Å². The lowest BCUT2D eigenvalue weighted by molar-refractivity contribution is 0.128. The Morgan fingerprint density at radius 3 is 2.73 bits per heavy atom. The maximum Gasteiger partial charge on any atom is -0.0146 e. The monoisotopic (exact) mass is 204 g/mol. The standard InChI is InChI=1S/C15H24/c1-10-7-8-15-9-12(10)14(3,4)13(15)6-5-11(15)2/h7,11-13H,5-6,8-9H2,1-4H3/t11-,12-,13+,15-/m1/s1. The van der Waals surface area contributed by atoms with E-state index in [-0.39, 0.29) is 0 Å². The molecule has 15 heavy (non-hydrogen) atoms. The van der Waals surface area contributed by atoms with Gasteiger partial charge in [-0.1, -0.05) is 32.4 Å². The van der Waals surface area contributed by atoms with Gasteiger partial charge in [-0.3, -0.25) is 0 Å². The fourth-order valence-corrected chi connectivity index (χ4v) is 5.35. The van der Waals surface area contributed by atoms with Crippen molar-refractivity contribution >= 4 is 0 Å². The predicted molar refractivity (Wildman–Crippen MR) is 64.6 cm³/mol. The molecule has 0 nitrogen and oxygen atoms in total. The summed E-state index contributed by atoms with van der Waals surface area (Å²) in [5.74, 6) is 2.86. The normalized spacial score (nSPS) is 51.5. The Morgan fingerprint density at radius 2 is 2.00 bits per heavy atom. The smallest absolute Gasteiger partial charge is 0.0146 e. The summed E-state index contributed by atoms with van der Waals surface area (Å²) in [5.41, 5.74) is 2.96. The largest absolute Gasteiger partial charge is 0.0847 e. The van der Waals surface area contributed by atoms with Crippen molar-refractivity contribution in [2.75, 3.05) is 0 Å². The van der Waals surface area contributed by atoms with Crippen LogP contribution in [0.3, 0.4) is 0 Å². The molecule has 0 aromatic rings. The molecule has 0 saturated heterocycles. The molecule has 0 N–H and O–H groups in total. The molecule has 3 aliphatic rings. The van der Waals surface area contributed by atoms with E-state index in [4.69, 9.17) is 0 Å². The molecule has 0 radical (unpaired) electrons. The molecule has 0 unspecified atom stereocenters. The Kier molecular flexibility index (Phi) is 1.79. The van der Waals surface area contributed by atoms with E-state index in [9.17, 15) is 0 Å². The second-order valence-corrected chi connectivity index (χ2v) is 6.99. The van der Waals surface area contributed by atoms with Crippen molar-refractivity contribution in [1.29, 1.82) is 0 Å². The Hall–Kier alpha value is -0.260. The summed E-state index contributed by atoms with van der Waals surface area (Å²) < 4.78 is 0. The summed E-state index contributed by atoms with van der Waals surface area (Å²) in [7, 11) is 0. The Bertz CT molecular complexity index is 323. The van der Waals surface area contributed by atoms with E-state index in [0.717, 1.165) is 17.8 Å². The predicted octanol–water partition coefficient (Wildman–Crippen LogP) is 4.42. The molecule has 0 aliphatic heterocycles. The molecule has 3 aliphatic carbocycles. The second kappa shape index (κ2) is 2.70. The lowest BCUT2D eigenvalue weighted by atomic mass is 9.68. The molecule has 0 aromatic heterocycles. The maximum atomic E-state index is 2.57. The van der Waals surface area contributed by atoms with Gasteiger partial charge in [0.05, 0.1) is 0 Å². The molecular formula is C15H24. The minimum atomic E-state index is 0.571. The minimum Gasteiger partial charge on any atom is -0.0847 e. The summed E-state index contributed by atoms with van der Waals surface area (Å²) >= 11 is 0. The van der Waals surface area contributed by atoms with Gasteiger partial charge in [-0.05, 0) is 61.2 Å². The number of hydrogen-bond acceptors (Lipinski definition) is 0. The van der Waals surface area contributed by atoms with Gasteiger partial charge in [-0.25, -0.2) is 0 Å². The lowest BCUT2D eigenvalue weighted by Gasteiger charge is -2.36. The number of hydrogen-bond donors (Lipinski definition) is 0. The summed E-state index contributed by atoms with van der Waals surface area (Å²) in [6.07, 6.45) is 8.41. The molecule has 4 atom stereocenters. The van der Waals surface area contributed by atoms with Gasteiger partial charge in [-0.2, -0.15) is 0 Å². The second-order valence-electron chi connectivity index (χ2n) is 6.99. The van der Waals surface area contributed by atoms with Crippen molar-refractivity contribution < 1.29 is 0 Å². The fraction of sp³-hybridized carbons (Fsp3) is 0.867. The van der Waals surface area contributed by atoms with Crippen LogP contribution >= 0.6 is 0 Å². The third-order valence-electron chi connectivity index (χ3n) is 6.30. The van der Waals surface area contributed by atoms with Gasteiger partial charge >= 0.3 is 0 Å². The first-order chi connectivity index (χ1) is 6.98. The van der Waals surface area contributed by atoms with E-state index in [1.165, 1.54) is 25.7 Å². The Morgan fingerprint density at radius 1 is 1.27 bits per heavy atom. The first-order valence-corrected chi connectivity index (χ1v) is 6.65. The first-order valence-electron chi connectivity index (χ1n) is 6.65. The molecule has 0 heteroatoms. The zero-order valence-corrected chi connectivity index (χ0v) is 10.6. The van der Waals surface area contributed by atoms with Crippen LogP contribution in [0, 0.1) is 28.6 Å². The van der Waals surface area contributed by atoms with Crippen LogP contribution in [0.5, 0.6) is 0 Å². The Balaban J connectivity index is 2.11. The molecular weight excluding hydrogens is 180 g/mol. The summed E-state index contributed by atoms with van der Waals surface area (Å²) in [4.78, 5) is 0. The van der Waals surface area contributed by atoms with Crippen molar-refractivity contribution in [1.82, 2.24) is 0 Å². The van der Waals surface area contributed by atoms with Crippen LogP contribution < -0.4 is 0 Å². The third kappa shape index (κ3) is 0.990. The third-order valence-corrected chi connectivity index (χ3v) is 6.30. The van der Waals surface area contributed by atoms with E-state index >= 15 is 0 Å². The molecule has 1 spiro atoms. The van der Waals surface area contributed by atoms with E-state index in [1.54, 1.807) is 5.57 Å². The fourth-order valence-electron chi connectivity index (χ4n) is 5.35. The van der Waals surface area contributed by atoms with Crippen molar-refractivity contribution in [2.45, 2.75) is 53.4 Å². The molecule has 2 fully saturated rings. The van der Waals surface area contributed by atoms with Gasteiger partial charge in [0.25, 0.3) is 0 Å². The van der Waals surface area contributed by atoms with Gasteiger partial charge in [0, 0.05) is 0 Å². The average Bonchev–Trinajstić information content (AvgIpc) is 2.57. The van der Waals surface area contributed by atoms with E-state index in [0.29, 0.717) is 10.8 Å². The number of fused-ring (bicyclic) bond motifs is 1. The van der Waals surface area contributed by atoms with Crippen LogP contribution in [0.2, 0.25) is 0 Å².